The number of amides is 1. The molecule has 1 saturated heterocycles. The van der Waals surface area contributed by atoms with Crippen LogP contribution in [-0.4, -0.2) is 68.5 Å². The third kappa shape index (κ3) is 7.08. The Kier molecular flexibility index (Phi) is 10.9. The van der Waals surface area contributed by atoms with Crippen LogP contribution in [0.25, 0.3) is 0 Å². The summed E-state index contributed by atoms with van der Waals surface area (Å²) < 4.78 is 36.5. The normalized spacial score (nSPS) is 16.2. The number of nitrogens with two attached hydrogens (primary N) is 2. The van der Waals surface area contributed by atoms with Gasteiger partial charge in [0, 0.05) is 37.3 Å². The van der Waals surface area contributed by atoms with Gasteiger partial charge in [0.15, 0.2) is 0 Å². The number of nitrogen functional groups attached to an aromatic ring is 1. The Hall–Kier alpha value is -3.48. The Balaban J connectivity index is 2.39. The summed E-state index contributed by atoms with van der Waals surface area (Å²) in [5, 5.41) is 20.9. The van der Waals surface area contributed by atoms with Crippen LogP contribution in [0.1, 0.15) is 99.6 Å². The molecule has 7 N–H and O–H groups in total. The minimum atomic E-state index is -4.54. The summed E-state index contributed by atoms with van der Waals surface area (Å²) in [6, 6.07) is 7.02. The molecule has 44 heavy (non-hydrogen) atoms. The molecule has 242 valence electrons. The fraction of sp³-hybridized carbons (Fsp3) is 0.531. The number of carboxylic acid groups (broad SMARTS) is 1. The van der Waals surface area contributed by atoms with Crippen molar-refractivity contribution in [3.63, 3.8) is 0 Å². The van der Waals surface area contributed by atoms with Crippen molar-refractivity contribution >= 4 is 27.7 Å². The molecule has 1 aliphatic rings. The van der Waals surface area contributed by atoms with Crippen molar-refractivity contribution in [2.75, 3.05) is 26.2 Å². The smallest absolute Gasteiger partial charge is 0.411 e. The summed E-state index contributed by atoms with van der Waals surface area (Å²) in [5.74, 6) is -1.89. The van der Waals surface area contributed by atoms with Gasteiger partial charge in [0.2, 0.25) is 14.8 Å². The molecule has 0 aromatic heterocycles. The number of nitrogens with zero attached hydrogens (tertiary/aromatic N) is 1. The van der Waals surface area contributed by atoms with Crippen LogP contribution >= 0.6 is 0 Å². The quantitative estimate of drug-likeness (QED) is 0.181. The van der Waals surface area contributed by atoms with Gasteiger partial charge < -0.3 is 31.5 Å². The third-order valence-electron chi connectivity index (χ3n) is 8.15. The van der Waals surface area contributed by atoms with Gasteiger partial charge in [0.1, 0.15) is 11.9 Å². The van der Waals surface area contributed by atoms with E-state index in [0.29, 0.717) is 42.9 Å². The lowest BCUT2D eigenvalue weighted by molar-refractivity contribution is -0.138. The molecule has 1 unspecified atom stereocenters. The monoisotopic (exact) mass is 629 g/mol. The minimum Gasteiger partial charge on any atom is -0.480 e. The summed E-state index contributed by atoms with van der Waals surface area (Å²) in [6.07, 6.45) is -0.883. The summed E-state index contributed by atoms with van der Waals surface area (Å²) in [7, 11) is -4.54. The summed E-state index contributed by atoms with van der Waals surface area (Å²) in [4.78, 5) is 24.3. The number of aliphatic carboxylic acids is 1. The van der Waals surface area contributed by atoms with E-state index in [-0.39, 0.29) is 40.2 Å². The van der Waals surface area contributed by atoms with E-state index in [1.165, 1.54) is 30.0 Å². The molecule has 3 rings (SSSR count). The van der Waals surface area contributed by atoms with Crippen LogP contribution in [0, 0.1) is 5.41 Å². The van der Waals surface area contributed by atoms with Crippen molar-refractivity contribution < 1.29 is 27.9 Å². The molecule has 2 atom stereocenters. The molecular formula is C32H47N5O6S. The number of carboxylic acids is 1. The first-order valence-electron chi connectivity index (χ1n) is 15.0. The first-order chi connectivity index (χ1) is 20.4. The van der Waals surface area contributed by atoms with Crippen molar-refractivity contribution in [1.82, 2.24) is 10.2 Å². The van der Waals surface area contributed by atoms with E-state index in [9.17, 15) is 14.7 Å². The van der Waals surface area contributed by atoms with Crippen LogP contribution in [0.15, 0.2) is 35.2 Å². The number of rotatable bonds is 11. The fourth-order valence-corrected chi connectivity index (χ4v) is 7.65. The van der Waals surface area contributed by atoms with Crippen LogP contribution < -0.4 is 16.8 Å². The van der Waals surface area contributed by atoms with Crippen molar-refractivity contribution in [3.05, 3.63) is 63.7 Å². The molecule has 0 spiro atoms. The third-order valence-corrected chi connectivity index (χ3v) is 10.5. The predicted molar refractivity (Wildman–Crippen MR) is 171 cm³/mol. The highest BCUT2D eigenvalue weighted by atomic mass is 32.2. The molecule has 0 bridgehead atoms. The van der Waals surface area contributed by atoms with E-state index >= 15 is 8.42 Å². The minimum absolute atomic E-state index is 0.00141. The van der Waals surface area contributed by atoms with Gasteiger partial charge in [-0.05, 0) is 59.4 Å². The molecule has 0 saturated carbocycles. The largest absolute Gasteiger partial charge is 0.480 e. The van der Waals surface area contributed by atoms with Crippen LogP contribution in [0.2, 0.25) is 0 Å². The van der Waals surface area contributed by atoms with Crippen LogP contribution in [-0.2, 0) is 30.7 Å². The molecule has 2 aromatic rings. The first kappa shape index (κ1) is 35.0. The van der Waals surface area contributed by atoms with Gasteiger partial charge in [-0.2, -0.15) is 0 Å². The van der Waals surface area contributed by atoms with Gasteiger partial charge in [-0.25, -0.2) is 13.2 Å². The Morgan fingerprint density at radius 1 is 1.02 bits per heavy atom. The van der Waals surface area contributed by atoms with E-state index in [1.807, 2.05) is 53.7 Å². The Morgan fingerprint density at radius 2 is 1.57 bits per heavy atom. The molecule has 0 aliphatic carbocycles. The zero-order chi connectivity index (χ0) is 33.1. The number of benzene rings is 2. The Morgan fingerprint density at radius 3 is 2.02 bits per heavy atom. The molecule has 11 nitrogen and oxygen atoms in total. The Labute approximate surface area is 260 Å². The molecule has 1 fully saturated rings. The van der Waals surface area contributed by atoms with Gasteiger partial charge in [-0.15, -0.1) is 0 Å². The zero-order valence-corrected chi connectivity index (χ0v) is 27.5. The predicted octanol–water partition coefficient (Wildman–Crippen LogP) is 3.98. The number of sulfone groups is 1. The van der Waals surface area contributed by atoms with Gasteiger partial charge in [0.05, 0.1) is 4.90 Å². The lowest BCUT2D eigenvalue weighted by Gasteiger charge is -2.36. The van der Waals surface area contributed by atoms with Crippen molar-refractivity contribution in [3.8, 4) is 0 Å². The average Bonchev–Trinajstić information content (AvgIpc) is 2.96. The Bertz CT molecular complexity index is 1490. The molecule has 1 aliphatic heterocycles. The van der Waals surface area contributed by atoms with E-state index in [0.717, 1.165) is 5.56 Å². The number of piperazine rings is 1. The number of hydrogen-bond donors (Lipinski definition) is 5. The second kappa shape index (κ2) is 13.7. The van der Waals surface area contributed by atoms with Crippen molar-refractivity contribution in [2.45, 2.75) is 88.5 Å². The highest BCUT2D eigenvalue weighted by Crippen LogP contribution is 2.45. The second-order valence-corrected chi connectivity index (χ2v) is 14.7. The first-order valence-corrected chi connectivity index (χ1v) is 16.5. The molecule has 1 heterocycles. The van der Waals surface area contributed by atoms with Gasteiger partial charge in [-0.3, -0.25) is 10.2 Å². The number of ether oxygens (including phenoxy) is 1. The average molecular weight is 630 g/mol. The molecule has 12 heteroatoms. The lowest BCUT2D eigenvalue weighted by Crippen LogP contribution is -2.50. The van der Waals surface area contributed by atoms with E-state index in [4.69, 9.17) is 21.6 Å². The zero-order valence-electron chi connectivity index (χ0n) is 26.7. The summed E-state index contributed by atoms with van der Waals surface area (Å²) in [5.41, 5.74) is 14.4. The number of amidine groups is 1. The number of nitrogens with one attached hydrogen (secondary N) is 2. The molecule has 2 aromatic carbocycles. The fourth-order valence-electron chi connectivity index (χ4n) is 5.41. The highest BCUT2D eigenvalue weighted by molar-refractivity contribution is 7.92. The summed E-state index contributed by atoms with van der Waals surface area (Å²) in [6.45, 7) is 14.9. The van der Waals surface area contributed by atoms with Crippen LogP contribution in [0.3, 0.4) is 0 Å². The molecule has 1 amide bonds. The maximum Gasteiger partial charge on any atom is 0.411 e. The van der Waals surface area contributed by atoms with Gasteiger partial charge >= 0.3 is 12.1 Å². The van der Waals surface area contributed by atoms with Crippen molar-refractivity contribution in [1.29, 1.82) is 5.41 Å². The standard InChI is InChI=1S/C32H47N5O6S/c1-18(2)22-16-23(19(3)4)28(24(17-22)20(5)6)44(41,42)32(7,43-31(40)37-12-10-36-11-13-37)26-9-8-21(14-25(26)29(34)35)15-27(33)30(38)39/h8-9,14,16-20,27,36H,10-13,15,33H2,1-7H3,(H3,34,35)(H,38,39)/t27-,32?/m0/s1. The number of carbonyl (C=O) groups excluding carboxylic acids is 1. The maximum atomic E-state index is 15.2. The van der Waals surface area contributed by atoms with E-state index < -0.39 is 38.7 Å². The number of carbonyl (C=O) groups is 2. The van der Waals surface area contributed by atoms with Crippen LogP contribution in [0.5, 0.6) is 0 Å². The van der Waals surface area contributed by atoms with Gasteiger partial charge in [-0.1, -0.05) is 65.8 Å². The maximum absolute atomic E-state index is 15.2. The lowest BCUT2D eigenvalue weighted by atomic mass is 9.89. The molecular weight excluding hydrogens is 582 g/mol. The number of hydrogen-bond acceptors (Lipinski definition) is 8. The van der Waals surface area contributed by atoms with E-state index in [2.05, 4.69) is 5.32 Å². The van der Waals surface area contributed by atoms with E-state index in [1.54, 1.807) is 0 Å². The van der Waals surface area contributed by atoms with Crippen LogP contribution in [0.4, 0.5) is 4.79 Å². The van der Waals surface area contributed by atoms with Crippen molar-refractivity contribution in [2.24, 2.45) is 11.5 Å². The van der Waals surface area contributed by atoms with Gasteiger partial charge in [0.25, 0.3) is 0 Å². The molecule has 0 radical (unpaired) electrons. The summed E-state index contributed by atoms with van der Waals surface area (Å²) >= 11 is 0. The highest BCUT2D eigenvalue weighted by Gasteiger charge is 2.50. The topological polar surface area (TPSA) is 189 Å². The second-order valence-electron chi connectivity index (χ2n) is 12.5. The SMILES string of the molecule is CC(C)c1cc(C(C)C)c(S(=O)(=O)C(C)(OC(=O)N2CCNCC2)c2ccc(C[C@H](N)C(=O)O)cc2C(=N)N)c(C(C)C)c1.